The molecule has 1 fully saturated rings. The van der Waals surface area contributed by atoms with E-state index in [9.17, 15) is 33.8 Å². The Morgan fingerprint density at radius 3 is 2.68 bits per heavy atom. The molecule has 0 bridgehead atoms. The van der Waals surface area contributed by atoms with Gasteiger partial charge in [0, 0.05) is 29.6 Å². The van der Waals surface area contributed by atoms with Crippen LogP contribution in [0.15, 0.2) is 45.9 Å². The van der Waals surface area contributed by atoms with Gasteiger partial charge in [0.25, 0.3) is 0 Å². The molecular formula is C25H22ClFN4O9S. The number of amidine groups is 1. The van der Waals surface area contributed by atoms with Gasteiger partial charge in [-0.3, -0.25) is 9.69 Å². The maximum Gasteiger partial charge on any atom is 0.338 e. The summed E-state index contributed by atoms with van der Waals surface area (Å²) in [6.07, 6.45) is 0.503. The van der Waals surface area contributed by atoms with E-state index in [1.54, 1.807) is 4.90 Å². The summed E-state index contributed by atoms with van der Waals surface area (Å²) in [6.45, 7) is 0.208. The van der Waals surface area contributed by atoms with Crippen LogP contribution in [0.5, 0.6) is 0 Å². The third kappa shape index (κ3) is 6.59. The number of rotatable bonds is 9. The summed E-state index contributed by atoms with van der Waals surface area (Å²) in [6, 6.07) is 1.45. The number of ether oxygens (including phenoxy) is 2. The van der Waals surface area contributed by atoms with E-state index < -0.39 is 47.4 Å². The van der Waals surface area contributed by atoms with E-state index >= 15 is 0 Å². The van der Waals surface area contributed by atoms with E-state index in [1.807, 2.05) is 0 Å². The molecule has 1 saturated heterocycles. The predicted octanol–water partition coefficient (Wildman–Crippen LogP) is 1.79. The van der Waals surface area contributed by atoms with E-state index in [2.05, 4.69) is 15.3 Å². The molecule has 0 spiro atoms. The van der Waals surface area contributed by atoms with Crippen molar-refractivity contribution in [1.82, 2.24) is 15.2 Å². The number of carbonyl (C=O) groups is 4. The minimum atomic E-state index is -1.51. The normalized spacial score (nSPS) is 19.8. The van der Waals surface area contributed by atoms with Crippen LogP contribution in [0, 0.1) is 5.82 Å². The van der Waals surface area contributed by atoms with Crippen molar-refractivity contribution < 1.29 is 48.4 Å². The Kier molecular flexibility index (Phi) is 9.12. The quantitative estimate of drug-likeness (QED) is 0.239. The van der Waals surface area contributed by atoms with E-state index in [1.165, 1.54) is 11.4 Å². The Hall–Kier alpha value is -4.18. The van der Waals surface area contributed by atoms with Gasteiger partial charge in [-0.05, 0) is 17.7 Å². The van der Waals surface area contributed by atoms with Crippen LogP contribution >= 0.6 is 22.9 Å². The first-order valence-electron chi connectivity index (χ1n) is 11.8. The number of carbonyl (C=O) groups excluding carboxylic acids is 1. The van der Waals surface area contributed by atoms with Gasteiger partial charge in [-0.1, -0.05) is 17.7 Å². The van der Waals surface area contributed by atoms with Crippen LogP contribution in [0.4, 0.5) is 4.39 Å². The Bertz CT molecular complexity index is 1510. The standard InChI is InChI=1S/C25H22ClFN4O9S/c1-39-25(38)19-15(8-31-4-5-40-9-17(31)24(36)37)28-21(30-20(19)12-3-2-11(27)6-14(12)26)22-29-16(10-41-22)13(23(34)35)7-18(32)33/h2-3,6-7,10,17,20H,4-5,8-9H2,1H3,(H,28,30)(H,32,33)(H,34,35)(H,36,37)/b13-7-/t17-,20-/m0/s1. The van der Waals surface area contributed by atoms with Gasteiger partial charge >= 0.3 is 23.9 Å². The number of aliphatic imine (C=N–C) groups is 1. The number of carboxylic acid groups (broad SMARTS) is 3. The van der Waals surface area contributed by atoms with E-state index in [-0.39, 0.29) is 64.7 Å². The number of methoxy groups -OCH3 is 1. The van der Waals surface area contributed by atoms with Crippen molar-refractivity contribution in [3.05, 3.63) is 68.0 Å². The monoisotopic (exact) mass is 608 g/mol. The second-order valence-electron chi connectivity index (χ2n) is 8.69. The maximum atomic E-state index is 13.9. The van der Waals surface area contributed by atoms with Gasteiger partial charge in [0.1, 0.15) is 11.9 Å². The molecule has 2 aliphatic rings. The number of morpholine rings is 1. The molecule has 13 nitrogen and oxygen atoms in total. The van der Waals surface area contributed by atoms with Gasteiger partial charge in [0.2, 0.25) is 0 Å². The summed E-state index contributed by atoms with van der Waals surface area (Å²) < 4.78 is 24.2. The molecular weight excluding hydrogens is 587 g/mol. The number of halogens is 2. The van der Waals surface area contributed by atoms with Crippen LogP contribution < -0.4 is 5.32 Å². The highest BCUT2D eigenvalue weighted by molar-refractivity contribution is 7.12. The second kappa shape index (κ2) is 12.6. The molecule has 4 rings (SSSR count). The highest BCUT2D eigenvalue weighted by Crippen LogP contribution is 2.35. The Morgan fingerprint density at radius 1 is 1.29 bits per heavy atom. The minimum Gasteiger partial charge on any atom is -0.480 e. The molecule has 0 saturated carbocycles. The molecule has 3 heterocycles. The van der Waals surface area contributed by atoms with Crippen molar-refractivity contribution in [3.8, 4) is 0 Å². The van der Waals surface area contributed by atoms with E-state index in [0.717, 1.165) is 30.6 Å². The molecule has 1 aromatic carbocycles. The third-order valence-corrected chi connectivity index (χ3v) is 7.34. The summed E-state index contributed by atoms with van der Waals surface area (Å²) in [7, 11) is 1.15. The number of thiazole rings is 1. The summed E-state index contributed by atoms with van der Waals surface area (Å²) in [5, 5.41) is 32.7. The van der Waals surface area contributed by atoms with Crippen molar-refractivity contribution in [2.45, 2.75) is 12.1 Å². The van der Waals surface area contributed by atoms with Crippen LogP contribution in [-0.4, -0.2) is 94.4 Å². The number of hydrogen-bond acceptors (Lipinski definition) is 11. The van der Waals surface area contributed by atoms with Crippen LogP contribution in [0.3, 0.4) is 0 Å². The van der Waals surface area contributed by atoms with Crippen LogP contribution in [0.1, 0.15) is 22.3 Å². The summed E-state index contributed by atoms with van der Waals surface area (Å²) in [4.78, 5) is 58.1. The average molecular weight is 609 g/mol. The topological polar surface area (TPSA) is 188 Å². The molecule has 2 aromatic rings. The first-order chi connectivity index (χ1) is 19.5. The molecule has 16 heteroatoms. The van der Waals surface area contributed by atoms with Gasteiger partial charge in [-0.2, -0.15) is 0 Å². The Morgan fingerprint density at radius 2 is 2.05 bits per heavy atom. The maximum absolute atomic E-state index is 13.9. The molecule has 2 aliphatic heterocycles. The lowest BCUT2D eigenvalue weighted by atomic mass is 9.94. The highest BCUT2D eigenvalue weighted by atomic mass is 35.5. The van der Waals surface area contributed by atoms with Gasteiger partial charge in [0.05, 0.1) is 48.9 Å². The average Bonchev–Trinajstić information content (AvgIpc) is 3.41. The van der Waals surface area contributed by atoms with Crippen molar-refractivity contribution in [2.24, 2.45) is 4.99 Å². The Balaban J connectivity index is 1.87. The van der Waals surface area contributed by atoms with Crippen molar-refractivity contribution in [3.63, 3.8) is 0 Å². The van der Waals surface area contributed by atoms with Crippen LogP contribution in [0.25, 0.3) is 5.57 Å². The minimum absolute atomic E-state index is 0.0193. The fourth-order valence-corrected chi connectivity index (χ4v) is 5.32. The third-order valence-electron chi connectivity index (χ3n) is 6.16. The predicted molar refractivity (Wildman–Crippen MR) is 142 cm³/mol. The lowest BCUT2D eigenvalue weighted by Crippen LogP contribution is -2.51. The molecule has 0 unspecified atom stereocenters. The van der Waals surface area contributed by atoms with E-state index in [0.29, 0.717) is 6.08 Å². The first-order valence-corrected chi connectivity index (χ1v) is 13.1. The van der Waals surface area contributed by atoms with Gasteiger partial charge in [-0.25, -0.2) is 28.8 Å². The molecule has 4 N–H and O–H groups in total. The SMILES string of the molecule is COC(=O)C1=C(CN2CCOC[C@H]2C(=O)O)N=C(c2nc(/C(=C/C(=O)O)C(=O)O)cs2)N[C@H]1c1ccc(F)cc1Cl. The molecule has 2 atom stereocenters. The number of benzene rings is 1. The number of aliphatic carboxylic acids is 3. The zero-order valence-corrected chi connectivity index (χ0v) is 22.7. The first kappa shape index (κ1) is 29.8. The van der Waals surface area contributed by atoms with Crippen molar-refractivity contribution in [2.75, 3.05) is 33.4 Å². The fraction of sp³-hybridized carbons (Fsp3) is 0.280. The lowest BCUT2D eigenvalue weighted by molar-refractivity contribution is -0.149. The van der Waals surface area contributed by atoms with Crippen LogP contribution in [0.2, 0.25) is 5.02 Å². The largest absolute Gasteiger partial charge is 0.480 e. The zero-order valence-electron chi connectivity index (χ0n) is 21.2. The van der Waals surface area contributed by atoms with Crippen LogP contribution in [-0.2, 0) is 28.7 Å². The number of aromatic nitrogens is 1. The van der Waals surface area contributed by atoms with Gasteiger partial charge in [-0.15, -0.1) is 11.3 Å². The molecule has 0 radical (unpaired) electrons. The number of esters is 1. The lowest BCUT2D eigenvalue weighted by Gasteiger charge is -2.35. The van der Waals surface area contributed by atoms with Crippen molar-refractivity contribution in [1.29, 1.82) is 0 Å². The number of nitrogens with zero attached hydrogens (tertiary/aromatic N) is 3. The van der Waals surface area contributed by atoms with Crippen molar-refractivity contribution >= 4 is 58.2 Å². The number of carboxylic acids is 3. The molecule has 216 valence electrons. The van der Waals surface area contributed by atoms with Gasteiger partial charge < -0.3 is 30.1 Å². The summed E-state index contributed by atoms with van der Waals surface area (Å²) in [5.74, 6) is -5.52. The molecule has 0 amide bonds. The smallest absolute Gasteiger partial charge is 0.338 e. The molecule has 1 aromatic heterocycles. The zero-order chi connectivity index (χ0) is 29.8. The highest BCUT2D eigenvalue weighted by Gasteiger charge is 2.37. The van der Waals surface area contributed by atoms with Gasteiger partial charge in [0.15, 0.2) is 10.8 Å². The summed E-state index contributed by atoms with van der Waals surface area (Å²) in [5.41, 5.74) is -0.374. The van der Waals surface area contributed by atoms with E-state index in [4.69, 9.17) is 26.2 Å². The number of hydrogen-bond donors (Lipinski definition) is 4. The Labute approximate surface area is 240 Å². The fourth-order valence-electron chi connectivity index (χ4n) is 4.27. The molecule has 0 aliphatic carbocycles. The number of nitrogens with one attached hydrogen (secondary N) is 1. The molecule has 41 heavy (non-hydrogen) atoms. The summed E-state index contributed by atoms with van der Waals surface area (Å²) >= 11 is 7.30. The second-order valence-corrected chi connectivity index (χ2v) is 9.96.